The smallest absolute Gasteiger partial charge is 0.146 e. The van der Waals surface area contributed by atoms with E-state index in [2.05, 4.69) is 77.9 Å². The minimum Gasteiger partial charge on any atom is -0.392 e. The number of hydrogen-bond donors (Lipinski definition) is 1. The molecule has 2 saturated heterocycles. The average molecular weight is 659 g/mol. The molecular formula is C39H62O8. The molecule has 2 aliphatic heterocycles. The van der Waals surface area contributed by atoms with Gasteiger partial charge in [-0.15, -0.1) is 0 Å². The van der Waals surface area contributed by atoms with Crippen LogP contribution in [0.4, 0.5) is 0 Å². The molecule has 4 rings (SSSR count). The zero-order valence-corrected chi connectivity index (χ0v) is 30.4. The van der Waals surface area contributed by atoms with Crippen LogP contribution in [0.1, 0.15) is 63.8 Å². The fourth-order valence-corrected chi connectivity index (χ4v) is 6.79. The van der Waals surface area contributed by atoms with E-state index in [0.29, 0.717) is 68.9 Å². The van der Waals surface area contributed by atoms with Gasteiger partial charge in [0.1, 0.15) is 13.6 Å². The van der Waals surface area contributed by atoms with E-state index < -0.39 is 0 Å². The second kappa shape index (κ2) is 20.6. The van der Waals surface area contributed by atoms with E-state index >= 15 is 0 Å². The standard InChI is InChI=1S/C20H32O4.C19H30O4/c1-14-15(2)19(24-20(16(14)3)12-23-13-22-5)10-17-6-8-18(9-7-17)11-21-4;1-13-14(2)18(9-16-5-7-17(10-20)8-6-16)23-19(15(13)3)11-22-12-21-4/h6-9,14-16,19-20H,10-13H2,1-5H3;5-8,13-15,18-20H,9-12H2,1-4H3/t14-,15?,16+,19+,20?;13-,14?,15+,18+,19?/m11/s1. The van der Waals surface area contributed by atoms with E-state index in [0.717, 1.165) is 18.4 Å². The van der Waals surface area contributed by atoms with Gasteiger partial charge in [0.2, 0.25) is 0 Å². The molecule has 0 radical (unpaired) electrons. The average Bonchev–Trinajstić information content (AvgIpc) is 3.08. The summed E-state index contributed by atoms with van der Waals surface area (Å²) in [6.07, 6.45) is 2.48. The molecule has 266 valence electrons. The van der Waals surface area contributed by atoms with Crippen molar-refractivity contribution < 1.29 is 38.3 Å². The van der Waals surface area contributed by atoms with Gasteiger partial charge in [0.15, 0.2) is 0 Å². The van der Waals surface area contributed by atoms with Crippen LogP contribution in [0.2, 0.25) is 0 Å². The topological polar surface area (TPSA) is 84.8 Å². The fourth-order valence-electron chi connectivity index (χ4n) is 6.79. The highest BCUT2D eigenvalue weighted by Gasteiger charge is 2.40. The van der Waals surface area contributed by atoms with E-state index in [-0.39, 0.29) is 31.0 Å². The highest BCUT2D eigenvalue weighted by atomic mass is 16.7. The fraction of sp³-hybridized carbons (Fsp3) is 0.692. The Balaban J connectivity index is 0.000000256. The van der Waals surface area contributed by atoms with Crippen LogP contribution in [0.25, 0.3) is 0 Å². The Kier molecular flexibility index (Phi) is 17.3. The van der Waals surface area contributed by atoms with Gasteiger partial charge in [0.05, 0.1) is 50.8 Å². The SMILES string of the molecule is COCOCC1O[C@@H](Cc2ccc(CO)cc2)C(C)[C@@H](C)[C@@H]1C.COCOCC1O[C@@H](Cc2ccc(COC)cc2)C(C)[C@@H](C)[C@@H]1C. The third-order valence-corrected chi connectivity index (χ3v) is 10.7. The highest BCUT2D eigenvalue weighted by molar-refractivity contribution is 5.24. The third-order valence-electron chi connectivity index (χ3n) is 10.7. The molecule has 0 saturated carbocycles. The number of benzene rings is 2. The van der Waals surface area contributed by atoms with Gasteiger partial charge in [0.25, 0.3) is 0 Å². The van der Waals surface area contributed by atoms with Crippen molar-refractivity contribution in [1.82, 2.24) is 0 Å². The lowest BCUT2D eigenvalue weighted by Gasteiger charge is -2.44. The predicted octanol–water partition coefficient (Wildman–Crippen LogP) is 6.69. The number of methoxy groups -OCH3 is 3. The Bertz CT molecular complexity index is 1110. The minimum absolute atomic E-state index is 0.0874. The quantitative estimate of drug-likeness (QED) is 0.168. The largest absolute Gasteiger partial charge is 0.392 e. The minimum atomic E-state index is 0.0874. The molecule has 2 fully saturated rings. The Morgan fingerprint density at radius 2 is 0.851 bits per heavy atom. The zero-order valence-electron chi connectivity index (χ0n) is 30.4. The van der Waals surface area contributed by atoms with E-state index in [4.69, 9.17) is 38.3 Å². The second-order valence-electron chi connectivity index (χ2n) is 13.8. The van der Waals surface area contributed by atoms with Crippen LogP contribution in [0.15, 0.2) is 48.5 Å². The first-order valence-corrected chi connectivity index (χ1v) is 17.3. The second-order valence-corrected chi connectivity index (χ2v) is 13.8. The number of aliphatic hydroxyl groups is 1. The van der Waals surface area contributed by atoms with Crippen molar-refractivity contribution in [2.75, 3.05) is 48.1 Å². The summed E-state index contributed by atoms with van der Waals surface area (Å²) in [5, 5.41) is 9.14. The van der Waals surface area contributed by atoms with Crippen molar-refractivity contribution in [3.63, 3.8) is 0 Å². The van der Waals surface area contributed by atoms with Crippen molar-refractivity contribution in [2.45, 2.75) is 92.0 Å². The summed E-state index contributed by atoms with van der Waals surface area (Å²) in [7, 11) is 5.00. The molecule has 4 unspecified atom stereocenters. The lowest BCUT2D eigenvalue weighted by molar-refractivity contribution is -0.168. The van der Waals surface area contributed by atoms with Crippen LogP contribution >= 0.6 is 0 Å². The van der Waals surface area contributed by atoms with Crippen molar-refractivity contribution in [2.24, 2.45) is 35.5 Å². The molecule has 10 atom stereocenters. The molecule has 2 aliphatic rings. The van der Waals surface area contributed by atoms with Gasteiger partial charge in [-0.05, 0) is 70.6 Å². The monoisotopic (exact) mass is 658 g/mol. The Morgan fingerprint density at radius 3 is 1.21 bits per heavy atom. The van der Waals surface area contributed by atoms with E-state index in [1.165, 1.54) is 16.7 Å². The molecule has 1 N–H and O–H groups in total. The maximum absolute atomic E-state index is 9.14. The Hall–Kier alpha value is -1.88. The summed E-state index contributed by atoms with van der Waals surface area (Å²) in [4.78, 5) is 0. The molecule has 0 amide bonds. The number of rotatable bonds is 15. The highest BCUT2D eigenvalue weighted by Crippen LogP contribution is 2.37. The van der Waals surface area contributed by atoms with Gasteiger partial charge in [-0.3, -0.25) is 0 Å². The van der Waals surface area contributed by atoms with Crippen LogP contribution in [0, 0.1) is 35.5 Å². The maximum Gasteiger partial charge on any atom is 0.146 e. The van der Waals surface area contributed by atoms with E-state index in [1.54, 1.807) is 21.3 Å². The predicted molar refractivity (Wildman–Crippen MR) is 185 cm³/mol. The number of aliphatic hydroxyl groups excluding tert-OH is 1. The molecule has 2 aromatic carbocycles. The molecule has 0 aromatic heterocycles. The first kappa shape index (κ1) is 39.6. The summed E-state index contributed by atoms with van der Waals surface area (Å²) in [6, 6.07) is 16.8. The van der Waals surface area contributed by atoms with Crippen LogP contribution in [0.5, 0.6) is 0 Å². The summed E-state index contributed by atoms with van der Waals surface area (Å²) in [5.74, 6) is 3.17. The summed E-state index contributed by atoms with van der Waals surface area (Å²) in [6.45, 7) is 16.3. The normalized spacial score (nSPS) is 30.9. The van der Waals surface area contributed by atoms with Crippen molar-refractivity contribution >= 4 is 0 Å². The third kappa shape index (κ3) is 11.9. The van der Waals surface area contributed by atoms with Crippen molar-refractivity contribution in [1.29, 1.82) is 0 Å². The lowest BCUT2D eigenvalue weighted by Crippen LogP contribution is -2.47. The Labute approximate surface area is 284 Å². The van der Waals surface area contributed by atoms with Gasteiger partial charge < -0.3 is 38.3 Å². The van der Waals surface area contributed by atoms with E-state index in [1.807, 2.05) is 12.1 Å². The van der Waals surface area contributed by atoms with E-state index in [9.17, 15) is 0 Å². The zero-order chi connectivity index (χ0) is 34.3. The Morgan fingerprint density at radius 1 is 0.489 bits per heavy atom. The van der Waals surface area contributed by atoms with Crippen LogP contribution in [-0.4, -0.2) is 77.7 Å². The maximum atomic E-state index is 9.14. The summed E-state index contributed by atoms with van der Waals surface area (Å²) < 4.78 is 39.0. The molecule has 47 heavy (non-hydrogen) atoms. The number of hydrogen-bond acceptors (Lipinski definition) is 8. The van der Waals surface area contributed by atoms with Gasteiger partial charge in [0, 0.05) is 21.3 Å². The molecule has 0 bridgehead atoms. The van der Waals surface area contributed by atoms with Gasteiger partial charge >= 0.3 is 0 Å². The van der Waals surface area contributed by atoms with Crippen molar-refractivity contribution in [3.05, 3.63) is 70.8 Å². The van der Waals surface area contributed by atoms with Crippen LogP contribution in [0.3, 0.4) is 0 Å². The van der Waals surface area contributed by atoms with Crippen LogP contribution in [-0.2, 0) is 59.2 Å². The molecular weight excluding hydrogens is 596 g/mol. The van der Waals surface area contributed by atoms with Crippen molar-refractivity contribution in [3.8, 4) is 0 Å². The van der Waals surface area contributed by atoms with Gasteiger partial charge in [-0.2, -0.15) is 0 Å². The number of ether oxygens (including phenoxy) is 7. The summed E-state index contributed by atoms with van der Waals surface area (Å²) >= 11 is 0. The molecule has 2 heterocycles. The van der Waals surface area contributed by atoms with Gasteiger partial charge in [-0.1, -0.05) is 90.1 Å². The first-order valence-electron chi connectivity index (χ1n) is 17.3. The molecule has 2 aromatic rings. The van der Waals surface area contributed by atoms with Gasteiger partial charge in [-0.25, -0.2) is 0 Å². The summed E-state index contributed by atoms with van der Waals surface area (Å²) in [5.41, 5.74) is 4.70. The lowest BCUT2D eigenvalue weighted by atomic mass is 9.75. The molecule has 8 heteroatoms. The molecule has 0 spiro atoms. The van der Waals surface area contributed by atoms with Crippen LogP contribution < -0.4 is 0 Å². The molecule has 8 nitrogen and oxygen atoms in total. The molecule has 0 aliphatic carbocycles. The first-order chi connectivity index (χ1) is 22.6.